The summed E-state index contributed by atoms with van der Waals surface area (Å²) in [5, 5.41) is 3.67. The van der Waals surface area contributed by atoms with E-state index >= 15 is 0 Å². The number of rotatable bonds is 9. The van der Waals surface area contributed by atoms with E-state index in [1.54, 1.807) is 7.11 Å². The molecule has 0 aliphatic carbocycles. The predicted molar refractivity (Wildman–Crippen MR) is 118 cm³/mol. The maximum atomic E-state index is 5.73. The summed E-state index contributed by atoms with van der Waals surface area (Å²) in [5.74, 6) is 1.58. The molecule has 6 nitrogen and oxygen atoms in total. The van der Waals surface area contributed by atoms with Crippen molar-refractivity contribution in [2.24, 2.45) is 10.9 Å². The van der Waals surface area contributed by atoms with Crippen molar-refractivity contribution in [1.82, 2.24) is 15.1 Å². The molecule has 0 aromatic heterocycles. The third-order valence-corrected chi connectivity index (χ3v) is 6.08. The first-order chi connectivity index (χ1) is 14.2. The molecule has 0 spiro atoms. The van der Waals surface area contributed by atoms with E-state index in [1.807, 2.05) is 7.05 Å². The molecule has 0 bridgehead atoms. The topological polar surface area (TPSA) is 49.3 Å². The molecular formula is C23H38N4O2. The van der Waals surface area contributed by atoms with E-state index in [-0.39, 0.29) is 0 Å². The van der Waals surface area contributed by atoms with E-state index in [1.165, 1.54) is 37.1 Å². The molecule has 29 heavy (non-hydrogen) atoms. The zero-order chi connectivity index (χ0) is 20.5. The fraction of sp³-hybridized carbons (Fsp3) is 0.696. The van der Waals surface area contributed by atoms with Crippen LogP contribution in [-0.2, 0) is 9.47 Å². The van der Waals surface area contributed by atoms with Crippen LogP contribution in [0.2, 0.25) is 0 Å². The van der Waals surface area contributed by atoms with E-state index in [0.717, 1.165) is 38.6 Å². The van der Waals surface area contributed by atoms with E-state index in [4.69, 9.17) is 9.47 Å². The first-order valence-corrected chi connectivity index (χ1v) is 11.0. The van der Waals surface area contributed by atoms with Gasteiger partial charge in [0, 0.05) is 39.7 Å². The monoisotopic (exact) mass is 402 g/mol. The van der Waals surface area contributed by atoms with Crippen LogP contribution in [0, 0.1) is 12.8 Å². The maximum absolute atomic E-state index is 5.73. The van der Waals surface area contributed by atoms with Gasteiger partial charge in [0.1, 0.15) is 0 Å². The van der Waals surface area contributed by atoms with Gasteiger partial charge >= 0.3 is 0 Å². The summed E-state index contributed by atoms with van der Waals surface area (Å²) in [6.45, 7) is 9.59. The highest BCUT2D eigenvalue weighted by atomic mass is 16.5. The van der Waals surface area contributed by atoms with Gasteiger partial charge in [-0.2, -0.15) is 0 Å². The van der Waals surface area contributed by atoms with Crippen LogP contribution in [0.15, 0.2) is 29.3 Å². The van der Waals surface area contributed by atoms with Gasteiger partial charge in [-0.25, -0.2) is 0 Å². The van der Waals surface area contributed by atoms with Gasteiger partial charge in [0.05, 0.1) is 25.9 Å². The Morgan fingerprint density at radius 1 is 1.17 bits per heavy atom. The number of benzene rings is 1. The van der Waals surface area contributed by atoms with Crippen molar-refractivity contribution in [2.75, 3.05) is 66.7 Å². The second-order valence-electron chi connectivity index (χ2n) is 8.27. The summed E-state index contributed by atoms with van der Waals surface area (Å²) in [6.07, 6.45) is 3.75. The molecule has 0 saturated carbocycles. The third kappa shape index (κ3) is 6.43. The number of ether oxygens (including phenoxy) is 2. The number of nitrogens with one attached hydrogen (secondary N) is 1. The van der Waals surface area contributed by atoms with Crippen LogP contribution in [0.3, 0.4) is 0 Å². The Hall–Kier alpha value is -1.63. The van der Waals surface area contributed by atoms with E-state index in [9.17, 15) is 0 Å². The lowest BCUT2D eigenvalue weighted by atomic mass is 10.0. The van der Waals surface area contributed by atoms with Crippen molar-refractivity contribution < 1.29 is 9.47 Å². The normalized spacial score (nSPS) is 21.7. The lowest BCUT2D eigenvalue weighted by molar-refractivity contribution is 0.0536. The Kier molecular flexibility index (Phi) is 8.77. The van der Waals surface area contributed by atoms with Crippen molar-refractivity contribution in [3.8, 4) is 0 Å². The zero-order valence-corrected chi connectivity index (χ0v) is 18.4. The Morgan fingerprint density at radius 3 is 2.62 bits per heavy atom. The largest absolute Gasteiger partial charge is 0.382 e. The summed E-state index contributed by atoms with van der Waals surface area (Å²) in [6, 6.07) is 9.41. The second-order valence-corrected chi connectivity index (χ2v) is 8.27. The van der Waals surface area contributed by atoms with Gasteiger partial charge in [-0.05, 0) is 44.8 Å². The van der Waals surface area contributed by atoms with E-state index in [0.29, 0.717) is 25.2 Å². The molecule has 2 fully saturated rings. The number of likely N-dealkylation sites (tertiary alicyclic amines) is 2. The average molecular weight is 403 g/mol. The molecule has 1 N–H and O–H groups in total. The number of guanidine groups is 1. The Morgan fingerprint density at radius 2 is 1.93 bits per heavy atom. The molecule has 3 rings (SSSR count). The first-order valence-electron chi connectivity index (χ1n) is 11.0. The lowest BCUT2D eigenvalue weighted by Crippen LogP contribution is -2.44. The van der Waals surface area contributed by atoms with Gasteiger partial charge in [0.15, 0.2) is 5.96 Å². The van der Waals surface area contributed by atoms with Crippen molar-refractivity contribution >= 4 is 5.96 Å². The molecule has 2 aliphatic rings. The van der Waals surface area contributed by atoms with Gasteiger partial charge in [0.2, 0.25) is 0 Å². The summed E-state index contributed by atoms with van der Waals surface area (Å²) < 4.78 is 10.8. The molecule has 0 amide bonds. The fourth-order valence-electron chi connectivity index (χ4n) is 4.37. The molecular weight excluding hydrogens is 364 g/mol. The summed E-state index contributed by atoms with van der Waals surface area (Å²) in [7, 11) is 3.60. The predicted octanol–water partition coefficient (Wildman–Crippen LogP) is 2.69. The number of aryl methyl sites for hydroxylation is 1. The average Bonchev–Trinajstić information content (AvgIpc) is 3.42. The highest BCUT2D eigenvalue weighted by Crippen LogP contribution is 2.25. The molecule has 2 aliphatic heterocycles. The van der Waals surface area contributed by atoms with Crippen molar-refractivity contribution in [3.05, 3.63) is 35.4 Å². The van der Waals surface area contributed by atoms with Crippen LogP contribution in [0.1, 0.15) is 36.4 Å². The standard InChI is InChI=1S/C23H38N4O2/c1-19-6-8-21(9-7-19)22(26-11-4-5-12-26)16-25-23(24-2)27-13-10-20(17-27)18-29-15-14-28-3/h6-9,20,22H,4-5,10-18H2,1-3H3,(H,24,25). The fourth-order valence-corrected chi connectivity index (χ4v) is 4.37. The van der Waals surface area contributed by atoms with Crippen molar-refractivity contribution in [2.45, 2.75) is 32.2 Å². The Labute approximate surface area is 176 Å². The van der Waals surface area contributed by atoms with Gasteiger partial charge in [0.25, 0.3) is 0 Å². The molecule has 2 unspecified atom stereocenters. The minimum atomic E-state index is 0.394. The van der Waals surface area contributed by atoms with E-state index < -0.39 is 0 Å². The number of hydrogen-bond donors (Lipinski definition) is 1. The molecule has 0 radical (unpaired) electrons. The number of aliphatic imine (C=N–C) groups is 1. The Bertz CT molecular complexity index is 628. The molecule has 2 atom stereocenters. The van der Waals surface area contributed by atoms with Crippen LogP contribution in [-0.4, -0.2) is 82.5 Å². The lowest BCUT2D eigenvalue weighted by Gasteiger charge is -2.30. The smallest absolute Gasteiger partial charge is 0.193 e. The third-order valence-electron chi connectivity index (χ3n) is 6.08. The van der Waals surface area contributed by atoms with Crippen LogP contribution >= 0.6 is 0 Å². The highest BCUT2D eigenvalue weighted by Gasteiger charge is 2.27. The number of nitrogens with zero attached hydrogens (tertiary/aromatic N) is 3. The molecule has 2 saturated heterocycles. The molecule has 1 aromatic rings. The van der Waals surface area contributed by atoms with Crippen molar-refractivity contribution in [3.63, 3.8) is 0 Å². The quantitative estimate of drug-likeness (QED) is 0.391. The maximum Gasteiger partial charge on any atom is 0.193 e. The molecule has 1 aromatic carbocycles. The molecule has 2 heterocycles. The highest BCUT2D eigenvalue weighted by molar-refractivity contribution is 5.80. The summed E-state index contributed by atoms with van der Waals surface area (Å²) in [4.78, 5) is 9.56. The van der Waals surface area contributed by atoms with Gasteiger partial charge < -0.3 is 19.7 Å². The van der Waals surface area contributed by atoms with Crippen LogP contribution in [0.5, 0.6) is 0 Å². The minimum absolute atomic E-state index is 0.394. The molecule has 162 valence electrons. The van der Waals surface area contributed by atoms with Gasteiger partial charge in [-0.15, -0.1) is 0 Å². The minimum Gasteiger partial charge on any atom is -0.382 e. The Balaban J connectivity index is 1.54. The first kappa shape index (κ1) is 22.1. The zero-order valence-electron chi connectivity index (χ0n) is 18.4. The van der Waals surface area contributed by atoms with Gasteiger partial charge in [-0.1, -0.05) is 29.8 Å². The number of hydrogen-bond acceptors (Lipinski definition) is 4. The number of methoxy groups -OCH3 is 1. The van der Waals surface area contributed by atoms with Gasteiger partial charge in [-0.3, -0.25) is 9.89 Å². The second kappa shape index (κ2) is 11.5. The van der Waals surface area contributed by atoms with Crippen LogP contribution in [0.25, 0.3) is 0 Å². The summed E-state index contributed by atoms with van der Waals surface area (Å²) >= 11 is 0. The van der Waals surface area contributed by atoms with E-state index in [2.05, 4.69) is 51.3 Å². The van der Waals surface area contributed by atoms with Crippen LogP contribution in [0.4, 0.5) is 0 Å². The van der Waals surface area contributed by atoms with Crippen molar-refractivity contribution in [1.29, 1.82) is 0 Å². The SMILES string of the molecule is CN=C(NCC(c1ccc(C)cc1)N1CCCC1)N1CCC(COCCOC)C1. The molecule has 6 heteroatoms. The summed E-state index contributed by atoms with van der Waals surface area (Å²) in [5.41, 5.74) is 2.71. The van der Waals surface area contributed by atoms with Crippen LogP contribution < -0.4 is 5.32 Å².